The molecular weight excluding hydrogens is 220 g/mol. The predicted octanol–water partition coefficient (Wildman–Crippen LogP) is 3.74. The highest BCUT2D eigenvalue weighted by Gasteiger charge is 2.18. The van der Waals surface area contributed by atoms with Crippen LogP contribution >= 0.6 is 0 Å². The van der Waals surface area contributed by atoms with Gasteiger partial charge in [0.2, 0.25) is 0 Å². The van der Waals surface area contributed by atoms with Crippen molar-refractivity contribution in [1.29, 1.82) is 0 Å². The van der Waals surface area contributed by atoms with Gasteiger partial charge in [0, 0.05) is 18.3 Å². The first-order valence-electron chi connectivity index (χ1n) is 7.14. The van der Waals surface area contributed by atoms with Crippen LogP contribution < -0.4 is 5.32 Å². The Labute approximate surface area is 111 Å². The Kier molecular flexibility index (Phi) is 4.65. The van der Waals surface area contributed by atoms with Gasteiger partial charge in [-0.3, -0.25) is 0 Å². The van der Waals surface area contributed by atoms with Gasteiger partial charge in [0.25, 0.3) is 0 Å². The van der Waals surface area contributed by atoms with Crippen molar-refractivity contribution in [3.8, 4) is 0 Å². The maximum absolute atomic E-state index is 3.75. The summed E-state index contributed by atoms with van der Waals surface area (Å²) in [5.74, 6) is 0.917. The van der Waals surface area contributed by atoms with Gasteiger partial charge in [-0.2, -0.15) is 0 Å². The lowest BCUT2D eigenvalue weighted by Gasteiger charge is -2.29. The molecule has 1 aromatic carbocycles. The number of hydrogen-bond donors (Lipinski definition) is 1. The predicted molar refractivity (Wildman–Crippen MR) is 78.9 cm³/mol. The monoisotopic (exact) mass is 246 g/mol. The van der Waals surface area contributed by atoms with E-state index in [1.165, 1.54) is 36.9 Å². The first-order chi connectivity index (χ1) is 8.65. The maximum atomic E-state index is 3.75. The molecule has 0 heterocycles. The van der Waals surface area contributed by atoms with Gasteiger partial charge in [-0.05, 0) is 57.3 Å². The Morgan fingerprint density at radius 3 is 2.44 bits per heavy atom. The topological polar surface area (TPSA) is 15.3 Å². The van der Waals surface area contributed by atoms with Crippen molar-refractivity contribution in [3.05, 3.63) is 29.8 Å². The summed E-state index contributed by atoms with van der Waals surface area (Å²) in [4.78, 5) is 2.23. The molecule has 2 heteroatoms. The number of benzene rings is 1. The van der Waals surface area contributed by atoms with E-state index in [2.05, 4.69) is 55.5 Å². The second-order valence-corrected chi connectivity index (χ2v) is 6.00. The first kappa shape index (κ1) is 13.4. The summed E-state index contributed by atoms with van der Waals surface area (Å²) in [5, 5.41) is 3.75. The van der Waals surface area contributed by atoms with E-state index in [1.807, 2.05) is 0 Å². The summed E-state index contributed by atoms with van der Waals surface area (Å²) in [6.07, 6.45) is 5.37. The normalized spacial score (nSPS) is 24.2. The van der Waals surface area contributed by atoms with Crippen molar-refractivity contribution in [3.63, 3.8) is 0 Å². The SMILES string of the molecule is CC1CCC(Nc2ccccc2CN(C)C)CC1. The zero-order valence-electron chi connectivity index (χ0n) is 11.9. The minimum atomic E-state index is 0.671. The van der Waals surface area contributed by atoms with Gasteiger partial charge in [-0.25, -0.2) is 0 Å². The zero-order chi connectivity index (χ0) is 13.0. The molecule has 0 aromatic heterocycles. The van der Waals surface area contributed by atoms with Gasteiger partial charge in [-0.15, -0.1) is 0 Å². The third-order valence-corrected chi connectivity index (χ3v) is 3.88. The van der Waals surface area contributed by atoms with Crippen LogP contribution in [0.15, 0.2) is 24.3 Å². The summed E-state index contributed by atoms with van der Waals surface area (Å²) in [6, 6.07) is 9.38. The van der Waals surface area contributed by atoms with Crippen LogP contribution in [0.25, 0.3) is 0 Å². The molecule has 0 spiro atoms. The Morgan fingerprint density at radius 1 is 1.11 bits per heavy atom. The molecule has 1 aromatic rings. The average molecular weight is 246 g/mol. The third-order valence-electron chi connectivity index (χ3n) is 3.88. The smallest absolute Gasteiger partial charge is 0.0388 e. The summed E-state index contributed by atoms with van der Waals surface area (Å²) in [7, 11) is 4.25. The molecule has 0 radical (unpaired) electrons. The minimum Gasteiger partial charge on any atom is -0.382 e. The molecule has 2 nitrogen and oxygen atoms in total. The van der Waals surface area contributed by atoms with E-state index in [1.54, 1.807) is 0 Å². The highest BCUT2D eigenvalue weighted by atomic mass is 15.1. The molecule has 1 aliphatic carbocycles. The lowest BCUT2D eigenvalue weighted by molar-refractivity contribution is 0.360. The van der Waals surface area contributed by atoms with Crippen LogP contribution in [0.5, 0.6) is 0 Å². The quantitative estimate of drug-likeness (QED) is 0.870. The Morgan fingerprint density at radius 2 is 1.78 bits per heavy atom. The van der Waals surface area contributed by atoms with Gasteiger partial charge in [0.15, 0.2) is 0 Å². The Hall–Kier alpha value is -1.02. The molecule has 0 saturated heterocycles. The van der Waals surface area contributed by atoms with E-state index < -0.39 is 0 Å². The van der Waals surface area contributed by atoms with Crippen LogP contribution in [-0.4, -0.2) is 25.0 Å². The molecular formula is C16H26N2. The summed E-state index contributed by atoms with van der Waals surface area (Å²) >= 11 is 0. The van der Waals surface area contributed by atoms with Gasteiger partial charge in [0.05, 0.1) is 0 Å². The number of hydrogen-bond acceptors (Lipinski definition) is 2. The van der Waals surface area contributed by atoms with Crippen LogP contribution in [0.1, 0.15) is 38.2 Å². The van der Waals surface area contributed by atoms with E-state index >= 15 is 0 Å². The average Bonchev–Trinajstić information content (AvgIpc) is 2.34. The van der Waals surface area contributed by atoms with E-state index in [0.717, 1.165) is 12.5 Å². The second kappa shape index (κ2) is 6.24. The van der Waals surface area contributed by atoms with Gasteiger partial charge in [0.1, 0.15) is 0 Å². The van der Waals surface area contributed by atoms with Crippen LogP contribution in [0.4, 0.5) is 5.69 Å². The van der Waals surface area contributed by atoms with Crippen molar-refractivity contribution < 1.29 is 0 Å². The number of rotatable bonds is 4. The van der Waals surface area contributed by atoms with Gasteiger partial charge >= 0.3 is 0 Å². The lowest BCUT2D eigenvalue weighted by atomic mass is 9.87. The van der Waals surface area contributed by atoms with Crippen molar-refractivity contribution >= 4 is 5.69 Å². The molecule has 18 heavy (non-hydrogen) atoms. The fourth-order valence-electron chi connectivity index (χ4n) is 2.76. The molecule has 100 valence electrons. The van der Waals surface area contributed by atoms with Crippen LogP contribution in [-0.2, 0) is 6.54 Å². The van der Waals surface area contributed by atoms with Crippen molar-refractivity contribution in [2.45, 2.75) is 45.2 Å². The molecule has 0 amide bonds. The molecule has 1 N–H and O–H groups in total. The van der Waals surface area contributed by atoms with E-state index in [0.29, 0.717) is 6.04 Å². The van der Waals surface area contributed by atoms with Gasteiger partial charge in [-0.1, -0.05) is 25.1 Å². The van der Waals surface area contributed by atoms with Crippen LogP contribution in [0, 0.1) is 5.92 Å². The molecule has 2 rings (SSSR count). The Bertz CT molecular complexity index is 365. The standard InChI is InChI=1S/C16H26N2/c1-13-8-10-15(11-9-13)17-16-7-5-4-6-14(16)12-18(2)3/h4-7,13,15,17H,8-12H2,1-3H3. The Balaban J connectivity index is 2.00. The molecule has 0 bridgehead atoms. The fourth-order valence-corrected chi connectivity index (χ4v) is 2.76. The van der Waals surface area contributed by atoms with Crippen molar-refractivity contribution in [2.75, 3.05) is 19.4 Å². The van der Waals surface area contributed by atoms with E-state index in [9.17, 15) is 0 Å². The van der Waals surface area contributed by atoms with Crippen LogP contribution in [0.3, 0.4) is 0 Å². The van der Waals surface area contributed by atoms with E-state index in [4.69, 9.17) is 0 Å². The lowest BCUT2D eigenvalue weighted by Crippen LogP contribution is -2.26. The first-order valence-corrected chi connectivity index (χ1v) is 7.14. The van der Waals surface area contributed by atoms with E-state index in [-0.39, 0.29) is 0 Å². The molecule has 1 saturated carbocycles. The van der Waals surface area contributed by atoms with Crippen LogP contribution in [0.2, 0.25) is 0 Å². The molecule has 0 unspecified atom stereocenters. The number of para-hydroxylation sites is 1. The van der Waals surface area contributed by atoms with Crippen molar-refractivity contribution in [1.82, 2.24) is 4.90 Å². The number of nitrogens with one attached hydrogen (secondary N) is 1. The minimum absolute atomic E-state index is 0.671. The molecule has 0 atom stereocenters. The maximum Gasteiger partial charge on any atom is 0.0388 e. The largest absolute Gasteiger partial charge is 0.382 e. The molecule has 1 aliphatic rings. The molecule has 1 fully saturated rings. The summed E-state index contributed by atoms with van der Waals surface area (Å²) in [5.41, 5.74) is 2.73. The van der Waals surface area contributed by atoms with Gasteiger partial charge < -0.3 is 10.2 Å². The summed E-state index contributed by atoms with van der Waals surface area (Å²) < 4.78 is 0. The second-order valence-electron chi connectivity index (χ2n) is 6.00. The molecule has 0 aliphatic heterocycles. The number of anilines is 1. The highest BCUT2D eigenvalue weighted by Crippen LogP contribution is 2.27. The summed E-state index contributed by atoms with van der Waals surface area (Å²) in [6.45, 7) is 3.38. The third kappa shape index (κ3) is 3.74. The number of nitrogens with zero attached hydrogens (tertiary/aromatic N) is 1. The fraction of sp³-hybridized carbons (Fsp3) is 0.625. The highest BCUT2D eigenvalue weighted by molar-refractivity contribution is 5.51. The van der Waals surface area contributed by atoms with Crippen molar-refractivity contribution in [2.24, 2.45) is 5.92 Å². The zero-order valence-corrected chi connectivity index (χ0v) is 11.9.